The summed E-state index contributed by atoms with van der Waals surface area (Å²) < 4.78 is 16.9. The Hall–Kier alpha value is -3.41. The van der Waals surface area contributed by atoms with Crippen LogP contribution in [0.1, 0.15) is 290 Å². The summed E-state index contributed by atoms with van der Waals surface area (Å²) in [6, 6.07) is 0. The molecule has 0 aromatic carbocycles. The van der Waals surface area contributed by atoms with Crippen LogP contribution >= 0.6 is 0 Å². The zero-order valence-corrected chi connectivity index (χ0v) is 46.7. The number of carbonyl (C=O) groups is 3. The molecule has 0 aliphatic rings. The minimum Gasteiger partial charge on any atom is -0.462 e. The third-order valence-corrected chi connectivity index (χ3v) is 12.9. The van der Waals surface area contributed by atoms with Gasteiger partial charge in [0.05, 0.1) is 0 Å². The van der Waals surface area contributed by atoms with Crippen molar-refractivity contribution >= 4 is 17.9 Å². The summed E-state index contributed by atoms with van der Waals surface area (Å²) in [5, 5.41) is 0. The van der Waals surface area contributed by atoms with Crippen LogP contribution in [-0.2, 0) is 28.6 Å². The SMILES string of the molecule is CC/C=C\C/C=C\C/C=C\C/C=C\CCCCCCCCCCCCC(=O)OCC(COC(=O)CCCCC/C=C\C/C=C\C/C=C\CC)OC(=O)CCCCCCCCCCCCCCCCCCC. The van der Waals surface area contributed by atoms with Crippen LogP contribution < -0.4 is 0 Å². The predicted octanol–water partition coefficient (Wildman–Crippen LogP) is 20.3. The highest BCUT2D eigenvalue weighted by atomic mass is 16.6. The third kappa shape index (κ3) is 57.4. The number of allylic oxidation sites excluding steroid dienone is 14. The van der Waals surface area contributed by atoms with Crippen molar-refractivity contribution in [1.29, 1.82) is 0 Å². The van der Waals surface area contributed by atoms with E-state index in [2.05, 4.69) is 106 Å². The molecule has 6 nitrogen and oxygen atoms in total. The van der Waals surface area contributed by atoms with Gasteiger partial charge in [-0.05, 0) is 89.9 Å². The number of carbonyl (C=O) groups excluding carboxylic acids is 3. The van der Waals surface area contributed by atoms with E-state index < -0.39 is 6.10 Å². The van der Waals surface area contributed by atoms with Crippen molar-refractivity contribution in [2.75, 3.05) is 13.2 Å². The molecule has 0 aromatic heterocycles. The number of hydrogen-bond acceptors (Lipinski definition) is 6. The first-order valence-electron chi connectivity index (χ1n) is 30.1. The van der Waals surface area contributed by atoms with E-state index >= 15 is 0 Å². The average Bonchev–Trinajstić information content (AvgIpc) is 3.37. The number of rotatable bonds is 54. The highest BCUT2D eigenvalue weighted by Crippen LogP contribution is 2.16. The highest BCUT2D eigenvalue weighted by molar-refractivity contribution is 5.71. The molecule has 0 aromatic rings. The fourth-order valence-corrected chi connectivity index (χ4v) is 8.45. The van der Waals surface area contributed by atoms with Crippen LogP contribution in [0.5, 0.6) is 0 Å². The van der Waals surface area contributed by atoms with Gasteiger partial charge in [0, 0.05) is 19.3 Å². The molecule has 0 aliphatic carbocycles. The minimum atomic E-state index is -0.789. The molecule has 0 rings (SSSR count). The standard InChI is InChI=1S/C65H112O6/c1-4-7-10-13-16-19-22-25-27-29-30-31-32-33-34-36-37-40-43-46-49-52-55-58-64(67)70-61-62(60-69-63(66)57-54-51-48-45-42-39-24-21-18-15-12-9-6-3)71-65(68)59-56-53-50-47-44-41-38-35-28-26-23-20-17-14-11-8-5-2/h7,9-10,12,16,18-19,21,25,27,30-31,39,42,62H,4-6,8,11,13-15,17,20,22-24,26,28-29,32-38,40-41,43-61H2,1-3H3/b10-7-,12-9-,19-16-,21-18-,27-25-,31-30-,42-39-. The van der Waals surface area contributed by atoms with Crippen LogP contribution in [0.15, 0.2) is 85.1 Å². The van der Waals surface area contributed by atoms with E-state index in [0.29, 0.717) is 19.3 Å². The van der Waals surface area contributed by atoms with Gasteiger partial charge >= 0.3 is 17.9 Å². The van der Waals surface area contributed by atoms with E-state index in [1.807, 2.05) is 0 Å². The van der Waals surface area contributed by atoms with Crippen molar-refractivity contribution in [2.24, 2.45) is 0 Å². The Kier molecular flexibility index (Phi) is 56.3. The fraction of sp³-hybridized carbons (Fsp3) is 0.738. The Bertz CT molecular complexity index is 1370. The van der Waals surface area contributed by atoms with Gasteiger partial charge in [0.2, 0.25) is 0 Å². The molecule has 0 fully saturated rings. The lowest BCUT2D eigenvalue weighted by molar-refractivity contribution is -0.167. The van der Waals surface area contributed by atoms with Crippen LogP contribution in [0.3, 0.4) is 0 Å². The van der Waals surface area contributed by atoms with Crippen molar-refractivity contribution in [3.05, 3.63) is 85.1 Å². The number of esters is 3. The summed E-state index contributed by atoms with van der Waals surface area (Å²) in [6.45, 7) is 6.41. The second-order valence-corrected chi connectivity index (χ2v) is 19.9. The van der Waals surface area contributed by atoms with Gasteiger partial charge in [-0.2, -0.15) is 0 Å². The lowest BCUT2D eigenvalue weighted by Crippen LogP contribution is -2.30. The highest BCUT2D eigenvalue weighted by Gasteiger charge is 2.19. The molecule has 0 bridgehead atoms. The van der Waals surface area contributed by atoms with E-state index in [0.717, 1.165) is 109 Å². The molecule has 0 N–H and O–H groups in total. The molecule has 0 radical (unpaired) electrons. The van der Waals surface area contributed by atoms with E-state index in [9.17, 15) is 14.4 Å². The van der Waals surface area contributed by atoms with Crippen molar-refractivity contribution in [3.8, 4) is 0 Å². The largest absolute Gasteiger partial charge is 0.462 e. The summed E-state index contributed by atoms with van der Waals surface area (Å²) in [5.41, 5.74) is 0. The van der Waals surface area contributed by atoms with E-state index in [-0.39, 0.29) is 31.1 Å². The van der Waals surface area contributed by atoms with E-state index in [1.165, 1.54) is 141 Å². The smallest absolute Gasteiger partial charge is 0.306 e. The molecule has 0 spiro atoms. The number of ether oxygens (including phenoxy) is 3. The van der Waals surface area contributed by atoms with Crippen molar-refractivity contribution in [1.82, 2.24) is 0 Å². The van der Waals surface area contributed by atoms with Gasteiger partial charge in [-0.15, -0.1) is 0 Å². The Balaban J connectivity index is 4.34. The molecule has 6 heteroatoms. The third-order valence-electron chi connectivity index (χ3n) is 12.9. The Morgan fingerprint density at radius 2 is 0.549 bits per heavy atom. The molecule has 71 heavy (non-hydrogen) atoms. The monoisotopic (exact) mass is 989 g/mol. The first-order valence-corrected chi connectivity index (χ1v) is 30.1. The van der Waals surface area contributed by atoms with Crippen molar-refractivity contribution in [2.45, 2.75) is 297 Å². The van der Waals surface area contributed by atoms with Crippen LogP contribution in [0, 0.1) is 0 Å². The van der Waals surface area contributed by atoms with Crippen LogP contribution in [0.4, 0.5) is 0 Å². The van der Waals surface area contributed by atoms with Gasteiger partial charge in [-0.1, -0.05) is 266 Å². The molecule has 1 atom stereocenters. The molecular formula is C65H112O6. The Labute approximate surface area is 439 Å². The van der Waals surface area contributed by atoms with Crippen molar-refractivity contribution in [3.63, 3.8) is 0 Å². The minimum absolute atomic E-state index is 0.0860. The number of unbranched alkanes of at least 4 members (excludes halogenated alkanes) is 29. The first-order chi connectivity index (χ1) is 35.0. The Morgan fingerprint density at radius 3 is 0.873 bits per heavy atom. The lowest BCUT2D eigenvalue weighted by atomic mass is 10.0. The second-order valence-electron chi connectivity index (χ2n) is 19.9. The molecule has 0 heterocycles. The van der Waals surface area contributed by atoms with Gasteiger partial charge in [-0.25, -0.2) is 0 Å². The molecule has 0 saturated heterocycles. The summed E-state index contributed by atoms with van der Waals surface area (Å²) in [6.07, 6.45) is 77.3. The maximum Gasteiger partial charge on any atom is 0.306 e. The summed E-state index contributed by atoms with van der Waals surface area (Å²) in [5.74, 6) is -0.909. The zero-order valence-electron chi connectivity index (χ0n) is 46.7. The molecule has 408 valence electrons. The Morgan fingerprint density at radius 1 is 0.296 bits per heavy atom. The maximum atomic E-state index is 12.9. The molecule has 0 amide bonds. The van der Waals surface area contributed by atoms with Crippen LogP contribution in [0.2, 0.25) is 0 Å². The van der Waals surface area contributed by atoms with Crippen LogP contribution in [0.25, 0.3) is 0 Å². The maximum absolute atomic E-state index is 12.9. The van der Waals surface area contributed by atoms with Crippen LogP contribution in [-0.4, -0.2) is 37.2 Å². The second kappa shape index (κ2) is 59.2. The topological polar surface area (TPSA) is 78.9 Å². The quantitative estimate of drug-likeness (QED) is 0.0261. The molecule has 1 unspecified atom stereocenters. The number of hydrogen-bond donors (Lipinski definition) is 0. The normalized spacial score (nSPS) is 12.7. The van der Waals surface area contributed by atoms with Gasteiger partial charge in [0.1, 0.15) is 13.2 Å². The fourth-order valence-electron chi connectivity index (χ4n) is 8.45. The summed E-state index contributed by atoms with van der Waals surface area (Å²) in [7, 11) is 0. The van der Waals surface area contributed by atoms with Crippen molar-refractivity contribution < 1.29 is 28.6 Å². The summed E-state index contributed by atoms with van der Waals surface area (Å²) in [4.78, 5) is 38.2. The van der Waals surface area contributed by atoms with E-state index in [4.69, 9.17) is 14.2 Å². The summed E-state index contributed by atoms with van der Waals surface area (Å²) >= 11 is 0. The van der Waals surface area contributed by atoms with Gasteiger partial charge < -0.3 is 14.2 Å². The molecule has 0 aliphatic heterocycles. The van der Waals surface area contributed by atoms with Gasteiger partial charge in [0.15, 0.2) is 6.10 Å². The van der Waals surface area contributed by atoms with Gasteiger partial charge in [0.25, 0.3) is 0 Å². The average molecular weight is 990 g/mol. The zero-order chi connectivity index (χ0) is 51.4. The van der Waals surface area contributed by atoms with E-state index in [1.54, 1.807) is 0 Å². The lowest BCUT2D eigenvalue weighted by Gasteiger charge is -2.18. The van der Waals surface area contributed by atoms with Gasteiger partial charge in [-0.3, -0.25) is 14.4 Å². The molecule has 0 saturated carbocycles. The predicted molar refractivity (Wildman–Crippen MR) is 307 cm³/mol. The molecular weight excluding hydrogens is 877 g/mol. The first kappa shape index (κ1) is 67.6.